The Hall–Kier alpha value is -3.84. The van der Waals surface area contributed by atoms with Gasteiger partial charge in [0, 0.05) is 19.1 Å². The molecule has 4 rings (SSSR count). The van der Waals surface area contributed by atoms with Crippen LogP contribution in [0.4, 0.5) is 4.39 Å². The van der Waals surface area contributed by atoms with Crippen LogP contribution in [0.15, 0.2) is 84.9 Å². The zero-order valence-electron chi connectivity index (χ0n) is 23.5. The fraction of sp³-hybridized carbons (Fsp3) is 0.364. The summed E-state index contributed by atoms with van der Waals surface area (Å²) in [6.07, 6.45) is -1.37. The lowest BCUT2D eigenvalue weighted by Gasteiger charge is -2.38. The van der Waals surface area contributed by atoms with Gasteiger partial charge in [-0.05, 0) is 63.8 Å². The SMILES string of the molecule is C[C@@H](c1ccccc1)N(Cc1ccccc1)[C@@H](CCCN1C(=O)c2ccccc2C1=O)[C@H](F)C(=O)OC(C)(C)C. The molecule has 6 nitrogen and oxygen atoms in total. The van der Waals surface area contributed by atoms with Crippen molar-refractivity contribution in [1.29, 1.82) is 0 Å². The van der Waals surface area contributed by atoms with Crippen LogP contribution in [0.2, 0.25) is 0 Å². The van der Waals surface area contributed by atoms with E-state index in [0.29, 0.717) is 24.1 Å². The second-order valence-electron chi connectivity index (χ2n) is 11.2. The minimum absolute atomic E-state index is 0.128. The molecule has 0 N–H and O–H groups in total. The maximum absolute atomic E-state index is 16.2. The number of alkyl halides is 1. The van der Waals surface area contributed by atoms with Gasteiger partial charge >= 0.3 is 5.97 Å². The van der Waals surface area contributed by atoms with Gasteiger partial charge in [0.1, 0.15) is 5.60 Å². The third kappa shape index (κ3) is 6.83. The van der Waals surface area contributed by atoms with Crippen LogP contribution in [0.5, 0.6) is 0 Å². The summed E-state index contributed by atoms with van der Waals surface area (Å²) in [6, 6.07) is 25.1. The third-order valence-corrected chi connectivity index (χ3v) is 7.14. The minimum atomic E-state index is -1.93. The Bertz CT molecular complexity index is 1290. The molecule has 0 fully saturated rings. The molecule has 0 saturated carbocycles. The first-order valence-electron chi connectivity index (χ1n) is 13.7. The van der Waals surface area contributed by atoms with Gasteiger partial charge in [-0.25, -0.2) is 9.18 Å². The summed E-state index contributed by atoms with van der Waals surface area (Å²) in [6.45, 7) is 7.66. The van der Waals surface area contributed by atoms with E-state index in [-0.39, 0.29) is 30.8 Å². The number of fused-ring (bicyclic) bond motifs is 1. The van der Waals surface area contributed by atoms with Crippen LogP contribution in [0.25, 0.3) is 0 Å². The number of carbonyl (C=O) groups is 3. The van der Waals surface area contributed by atoms with Gasteiger partial charge in [0.05, 0.1) is 17.2 Å². The summed E-state index contributed by atoms with van der Waals surface area (Å²) >= 11 is 0. The van der Waals surface area contributed by atoms with E-state index in [2.05, 4.69) is 0 Å². The number of esters is 1. The molecule has 0 aliphatic carbocycles. The quantitative estimate of drug-likeness (QED) is 0.207. The molecule has 2 amide bonds. The van der Waals surface area contributed by atoms with Gasteiger partial charge in [-0.2, -0.15) is 0 Å². The molecule has 0 spiro atoms. The Morgan fingerprint density at radius 1 is 0.875 bits per heavy atom. The van der Waals surface area contributed by atoms with Gasteiger partial charge in [-0.3, -0.25) is 19.4 Å². The number of rotatable bonds is 11. The average molecular weight is 545 g/mol. The van der Waals surface area contributed by atoms with Crippen molar-refractivity contribution in [2.75, 3.05) is 6.54 Å². The average Bonchev–Trinajstić information content (AvgIpc) is 3.18. The smallest absolute Gasteiger partial charge is 0.342 e. The number of hydrogen-bond donors (Lipinski definition) is 0. The number of nitrogens with zero attached hydrogens (tertiary/aromatic N) is 2. The summed E-state index contributed by atoms with van der Waals surface area (Å²) < 4.78 is 21.7. The Labute approximate surface area is 235 Å². The number of hydrogen-bond acceptors (Lipinski definition) is 5. The maximum atomic E-state index is 16.2. The summed E-state index contributed by atoms with van der Waals surface area (Å²) in [5.74, 6) is -1.61. The number of amides is 2. The van der Waals surface area contributed by atoms with Crippen molar-refractivity contribution in [2.45, 2.75) is 70.9 Å². The van der Waals surface area contributed by atoms with E-state index < -0.39 is 23.8 Å². The molecule has 1 aliphatic heterocycles. The van der Waals surface area contributed by atoms with Crippen molar-refractivity contribution in [3.8, 4) is 0 Å². The second-order valence-corrected chi connectivity index (χ2v) is 11.2. The topological polar surface area (TPSA) is 66.9 Å². The van der Waals surface area contributed by atoms with Crippen molar-refractivity contribution in [3.05, 3.63) is 107 Å². The Morgan fingerprint density at radius 3 is 1.95 bits per heavy atom. The molecule has 0 aromatic heterocycles. The van der Waals surface area contributed by atoms with E-state index in [1.165, 1.54) is 4.90 Å². The van der Waals surface area contributed by atoms with Crippen LogP contribution in [0, 0.1) is 0 Å². The summed E-state index contributed by atoms with van der Waals surface area (Å²) in [7, 11) is 0. The molecule has 3 aromatic carbocycles. The number of halogens is 1. The highest BCUT2D eigenvalue weighted by Gasteiger charge is 2.39. The number of imide groups is 1. The largest absolute Gasteiger partial charge is 0.458 e. The van der Waals surface area contributed by atoms with E-state index in [1.54, 1.807) is 45.0 Å². The molecule has 0 bridgehead atoms. The highest BCUT2D eigenvalue weighted by atomic mass is 19.1. The number of carbonyl (C=O) groups excluding carboxylic acids is 3. The molecule has 0 saturated heterocycles. The van der Waals surface area contributed by atoms with Crippen molar-refractivity contribution in [2.24, 2.45) is 0 Å². The lowest BCUT2D eigenvalue weighted by molar-refractivity contribution is -0.164. The lowest BCUT2D eigenvalue weighted by Crippen LogP contribution is -2.48. The summed E-state index contributed by atoms with van der Waals surface area (Å²) in [4.78, 5) is 42.0. The highest BCUT2D eigenvalue weighted by molar-refractivity contribution is 6.21. The van der Waals surface area contributed by atoms with Gasteiger partial charge in [0.25, 0.3) is 11.8 Å². The van der Waals surface area contributed by atoms with Crippen LogP contribution in [-0.4, -0.2) is 51.9 Å². The molecule has 1 aliphatic rings. The van der Waals surface area contributed by atoms with Crippen molar-refractivity contribution >= 4 is 17.8 Å². The number of benzene rings is 3. The molecule has 0 unspecified atom stereocenters. The van der Waals surface area contributed by atoms with E-state index in [4.69, 9.17) is 4.74 Å². The maximum Gasteiger partial charge on any atom is 0.342 e. The second kappa shape index (κ2) is 12.6. The molecule has 1 heterocycles. The van der Waals surface area contributed by atoms with Gasteiger partial charge in [-0.1, -0.05) is 72.8 Å². The molecular formula is C33H37FN2O4. The van der Waals surface area contributed by atoms with Crippen LogP contribution < -0.4 is 0 Å². The van der Waals surface area contributed by atoms with Crippen LogP contribution in [-0.2, 0) is 16.1 Å². The highest BCUT2D eigenvalue weighted by Crippen LogP contribution is 2.31. The van der Waals surface area contributed by atoms with Crippen LogP contribution in [0.1, 0.15) is 78.4 Å². The van der Waals surface area contributed by atoms with E-state index in [0.717, 1.165) is 11.1 Å². The van der Waals surface area contributed by atoms with E-state index in [1.807, 2.05) is 72.5 Å². The first kappa shape index (κ1) is 29.2. The van der Waals surface area contributed by atoms with Crippen molar-refractivity contribution in [3.63, 3.8) is 0 Å². The van der Waals surface area contributed by atoms with Gasteiger partial charge in [-0.15, -0.1) is 0 Å². The summed E-state index contributed by atoms with van der Waals surface area (Å²) in [5, 5.41) is 0. The van der Waals surface area contributed by atoms with E-state index >= 15 is 4.39 Å². The van der Waals surface area contributed by atoms with Gasteiger partial charge in [0.15, 0.2) is 0 Å². The molecular weight excluding hydrogens is 507 g/mol. The molecule has 210 valence electrons. The van der Waals surface area contributed by atoms with Gasteiger partial charge in [0.2, 0.25) is 6.17 Å². The number of ether oxygens (including phenoxy) is 1. The van der Waals surface area contributed by atoms with E-state index in [9.17, 15) is 14.4 Å². The zero-order valence-corrected chi connectivity index (χ0v) is 23.5. The fourth-order valence-corrected chi connectivity index (χ4v) is 5.15. The standard InChI is InChI=1S/C33H37FN2O4/c1-23(25-16-9-6-10-17-25)36(22-24-14-7-5-8-15-24)28(29(34)32(39)40-33(2,3)4)20-13-21-35-30(37)26-18-11-12-19-27(26)31(35)38/h5-12,14-19,23,28-29H,13,20-22H2,1-4H3/t23-,28-,29-/m0/s1. The van der Waals surface area contributed by atoms with Crippen molar-refractivity contribution in [1.82, 2.24) is 9.80 Å². The predicted molar refractivity (Wildman–Crippen MR) is 152 cm³/mol. The zero-order chi connectivity index (χ0) is 28.9. The molecule has 3 aromatic rings. The third-order valence-electron chi connectivity index (χ3n) is 7.14. The lowest BCUT2D eigenvalue weighted by atomic mass is 9.97. The van der Waals surface area contributed by atoms with Crippen molar-refractivity contribution < 1.29 is 23.5 Å². The normalized spacial score (nSPS) is 15.6. The predicted octanol–water partition coefficient (Wildman–Crippen LogP) is 6.37. The molecule has 3 atom stereocenters. The van der Waals surface area contributed by atoms with Crippen LogP contribution in [0.3, 0.4) is 0 Å². The monoisotopic (exact) mass is 544 g/mol. The summed E-state index contributed by atoms with van der Waals surface area (Å²) in [5.41, 5.74) is 1.88. The Kier molecular flexibility index (Phi) is 9.15. The molecule has 7 heteroatoms. The first-order chi connectivity index (χ1) is 19.1. The van der Waals surface area contributed by atoms with Crippen LogP contribution >= 0.6 is 0 Å². The fourth-order valence-electron chi connectivity index (χ4n) is 5.15. The van der Waals surface area contributed by atoms with Gasteiger partial charge < -0.3 is 4.74 Å². The Balaban J connectivity index is 1.61. The molecule has 40 heavy (non-hydrogen) atoms. The Morgan fingerprint density at radius 2 is 1.40 bits per heavy atom. The minimum Gasteiger partial charge on any atom is -0.458 e. The molecule has 0 radical (unpaired) electrons. The first-order valence-corrected chi connectivity index (χ1v) is 13.7.